The lowest BCUT2D eigenvalue weighted by molar-refractivity contribution is -0.384. The molecular formula is C46H43NO8. The minimum absolute atomic E-state index is 0.0531. The molecule has 6 aromatic rings. The second-order valence-corrected chi connectivity index (χ2v) is 13.2. The predicted molar refractivity (Wildman–Crippen MR) is 208 cm³/mol. The summed E-state index contributed by atoms with van der Waals surface area (Å²) in [6.45, 7) is 0.585. The molecule has 0 radical (unpaired) electrons. The minimum atomic E-state index is -1.03. The molecule has 0 bridgehead atoms. The number of methoxy groups -OCH3 is 1. The van der Waals surface area contributed by atoms with Crippen molar-refractivity contribution < 1.29 is 33.3 Å². The number of ether oxygens (including phenoxy) is 6. The van der Waals surface area contributed by atoms with Gasteiger partial charge in [-0.3, -0.25) is 10.1 Å². The molecule has 1 aliphatic heterocycles. The lowest BCUT2D eigenvalue weighted by atomic mass is 9.80. The lowest BCUT2D eigenvalue weighted by Crippen LogP contribution is -2.62. The third-order valence-electron chi connectivity index (χ3n) is 9.74. The normalized spacial score (nSPS) is 19.8. The van der Waals surface area contributed by atoms with Crippen LogP contribution in [0.3, 0.4) is 0 Å². The maximum Gasteiger partial charge on any atom is 0.269 e. The molecule has 0 amide bonds. The van der Waals surface area contributed by atoms with Crippen molar-refractivity contribution in [1.82, 2.24) is 0 Å². The van der Waals surface area contributed by atoms with E-state index in [1.807, 2.05) is 115 Å². The molecule has 7 rings (SSSR count). The van der Waals surface area contributed by atoms with Gasteiger partial charge in [-0.1, -0.05) is 152 Å². The summed E-state index contributed by atoms with van der Waals surface area (Å²) in [6, 6.07) is 56.0. The first-order chi connectivity index (χ1) is 27.0. The fourth-order valence-corrected chi connectivity index (χ4v) is 7.05. The molecule has 55 heavy (non-hydrogen) atoms. The molecule has 1 fully saturated rings. The van der Waals surface area contributed by atoms with Gasteiger partial charge in [-0.2, -0.15) is 0 Å². The summed E-state index contributed by atoms with van der Waals surface area (Å²) in [5.41, 5.74) is 3.67. The summed E-state index contributed by atoms with van der Waals surface area (Å²) in [7, 11) is 1.63. The van der Waals surface area contributed by atoms with Crippen molar-refractivity contribution in [3.05, 3.63) is 214 Å². The molecule has 1 aliphatic rings. The van der Waals surface area contributed by atoms with Crippen molar-refractivity contribution in [3.8, 4) is 5.75 Å². The maximum atomic E-state index is 11.5. The first kappa shape index (κ1) is 37.6. The second kappa shape index (κ2) is 18.1. The van der Waals surface area contributed by atoms with Crippen LogP contribution in [0.4, 0.5) is 5.69 Å². The summed E-state index contributed by atoms with van der Waals surface area (Å²) < 4.78 is 40.3. The van der Waals surface area contributed by atoms with Gasteiger partial charge in [0.05, 0.1) is 24.7 Å². The van der Waals surface area contributed by atoms with Gasteiger partial charge in [-0.15, -0.1) is 0 Å². The Kier molecular flexibility index (Phi) is 12.4. The molecule has 9 nitrogen and oxygen atoms in total. The lowest BCUT2D eigenvalue weighted by Gasteiger charge is -2.46. The molecule has 0 N–H and O–H groups in total. The van der Waals surface area contributed by atoms with E-state index in [1.54, 1.807) is 19.2 Å². The largest absolute Gasteiger partial charge is 0.462 e. The van der Waals surface area contributed by atoms with E-state index in [2.05, 4.69) is 36.4 Å². The first-order valence-electron chi connectivity index (χ1n) is 18.3. The summed E-state index contributed by atoms with van der Waals surface area (Å²) in [5.74, 6) is 0.369. The van der Waals surface area contributed by atoms with Gasteiger partial charge in [0.1, 0.15) is 35.8 Å². The van der Waals surface area contributed by atoms with Crippen LogP contribution in [0.5, 0.6) is 5.75 Å². The van der Waals surface area contributed by atoms with Crippen LogP contribution in [-0.4, -0.2) is 49.3 Å². The van der Waals surface area contributed by atoms with E-state index >= 15 is 0 Å². The highest BCUT2D eigenvalue weighted by Crippen LogP contribution is 2.42. The monoisotopic (exact) mass is 737 g/mol. The SMILES string of the molecule is CO[C@@H]1[C@H](OCc2ccccc2)[C@@H](OCc2ccccc2)[C@H](Oc2ccc([N+](=O)[O-])cc2)O[C@@H]1COC(c1ccccc1)(c1ccccc1)c1ccccc1. The summed E-state index contributed by atoms with van der Waals surface area (Å²) >= 11 is 0. The number of nitrogens with zero attached hydrogens (tertiary/aromatic N) is 1. The van der Waals surface area contributed by atoms with Crippen LogP contribution in [0.15, 0.2) is 176 Å². The Hall–Kier alpha value is -5.68. The van der Waals surface area contributed by atoms with Crippen molar-refractivity contribution in [2.24, 2.45) is 0 Å². The molecule has 5 atom stereocenters. The summed E-state index contributed by atoms with van der Waals surface area (Å²) in [5, 5.41) is 11.5. The molecule has 0 aliphatic carbocycles. The van der Waals surface area contributed by atoms with E-state index in [4.69, 9.17) is 28.4 Å². The van der Waals surface area contributed by atoms with Crippen LogP contribution in [0.2, 0.25) is 0 Å². The Labute approximate surface area is 321 Å². The molecule has 0 saturated carbocycles. The van der Waals surface area contributed by atoms with Crippen LogP contribution in [0.1, 0.15) is 27.8 Å². The van der Waals surface area contributed by atoms with Crippen LogP contribution < -0.4 is 4.74 Å². The van der Waals surface area contributed by atoms with Crippen molar-refractivity contribution in [2.45, 2.75) is 49.5 Å². The number of nitro benzene ring substituents is 1. The number of hydrogen-bond acceptors (Lipinski definition) is 8. The molecule has 1 heterocycles. The van der Waals surface area contributed by atoms with E-state index in [0.29, 0.717) is 5.75 Å². The molecular weight excluding hydrogens is 695 g/mol. The quantitative estimate of drug-likeness (QED) is 0.0552. The van der Waals surface area contributed by atoms with Crippen LogP contribution in [0, 0.1) is 10.1 Å². The summed E-state index contributed by atoms with van der Waals surface area (Å²) in [4.78, 5) is 11.0. The van der Waals surface area contributed by atoms with E-state index in [-0.39, 0.29) is 25.5 Å². The standard InChI is InChI=1S/C46H43NO8/c1-50-42-41(33-53-46(36-21-11-4-12-22-36,37-23-13-5-14-24-37)38-25-15-6-16-26-38)55-45(54-40-29-27-39(28-30-40)47(48)49)44(52-32-35-19-9-3-10-20-35)43(42)51-31-34-17-7-2-8-18-34/h2-30,41-45H,31-33H2,1H3/t41-,42+,43+,44-,45-/m1/s1. The first-order valence-corrected chi connectivity index (χ1v) is 18.3. The molecule has 9 heteroatoms. The van der Waals surface area contributed by atoms with E-state index < -0.39 is 41.2 Å². The highest BCUT2D eigenvalue weighted by Gasteiger charge is 2.50. The second-order valence-electron chi connectivity index (χ2n) is 13.2. The highest BCUT2D eigenvalue weighted by atomic mass is 16.7. The number of rotatable bonds is 16. The fourth-order valence-electron chi connectivity index (χ4n) is 7.05. The van der Waals surface area contributed by atoms with Crippen LogP contribution in [0.25, 0.3) is 0 Å². The maximum absolute atomic E-state index is 11.5. The van der Waals surface area contributed by atoms with Gasteiger partial charge in [0.15, 0.2) is 0 Å². The molecule has 280 valence electrons. The molecule has 0 unspecified atom stereocenters. The van der Waals surface area contributed by atoms with Gasteiger partial charge in [0.25, 0.3) is 5.69 Å². The van der Waals surface area contributed by atoms with Crippen molar-refractivity contribution in [3.63, 3.8) is 0 Å². The number of nitro groups is 1. The highest BCUT2D eigenvalue weighted by molar-refractivity contribution is 5.47. The van der Waals surface area contributed by atoms with Crippen LogP contribution >= 0.6 is 0 Å². The van der Waals surface area contributed by atoms with E-state index in [9.17, 15) is 10.1 Å². The van der Waals surface area contributed by atoms with Gasteiger partial charge in [0.2, 0.25) is 6.29 Å². The van der Waals surface area contributed by atoms with Gasteiger partial charge < -0.3 is 28.4 Å². The van der Waals surface area contributed by atoms with Crippen molar-refractivity contribution >= 4 is 5.69 Å². The summed E-state index contributed by atoms with van der Waals surface area (Å²) in [6.07, 6.45) is -3.89. The number of non-ortho nitro benzene ring substituents is 1. The predicted octanol–water partition coefficient (Wildman–Crippen LogP) is 8.89. The van der Waals surface area contributed by atoms with E-state index in [1.165, 1.54) is 12.1 Å². The van der Waals surface area contributed by atoms with E-state index in [0.717, 1.165) is 27.8 Å². The third kappa shape index (κ3) is 8.84. The third-order valence-corrected chi connectivity index (χ3v) is 9.74. The molecule has 6 aromatic carbocycles. The Morgan fingerprint density at radius 1 is 0.582 bits per heavy atom. The minimum Gasteiger partial charge on any atom is -0.462 e. The zero-order valence-electron chi connectivity index (χ0n) is 30.5. The average Bonchev–Trinajstić information content (AvgIpc) is 3.25. The van der Waals surface area contributed by atoms with Gasteiger partial charge in [-0.05, 0) is 39.9 Å². The Bertz CT molecular complexity index is 1960. The molecule has 0 spiro atoms. The smallest absolute Gasteiger partial charge is 0.269 e. The Morgan fingerprint density at radius 2 is 1.02 bits per heavy atom. The average molecular weight is 738 g/mol. The Balaban J connectivity index is 1.28. The topological polar surface area (TPSA) is 98.5 Å². The van der Waals surface area contributed by atoms with Crippen LogP contribution in [-0.2, 0) is 42.5 Å². The number of hydrogen-bond donors (Lipinski definition) is 0. The Morgan fingerprint density at radius 3 is 1.45 bits per heavy atom. The van der Waals surface area contributed by atoms with Gasteiger partial charge in [-0.25, -0.2) is 0 Å². The zero-order valence-corrected chi connectivity index (χ0v) is 30.5. The van der Waals surface area contributed by atoms with Gasteiger partial charge >= 0.3 is 0 Å². The fraction of sp³-hybridized carbons (Fsp3) is 0.217. The molecule has 0 aromatic heterocycles. The van der Waals surface area contributed by atoms with Crippen molar-refractivity contribution in [1.29, 1.82) is 0 Å². The number of benzene rings is 6. The van der Waals surface area contributed by atoms with Gasteiger partial charge in [0, 0.05) is 19.2 Å². The van der Waals surface area contributed by atoms with Crippen molar-refractivity contribution in [2.75, 3.05) is 13.7 Å². The zero-order chi connectivity index (χ0) is 37.9. The molecule has 1 saturated heterocycles.